The Hall–Kier alpha value is -3.49. The van der Waals surface area contributed by atoms with Crippen LogP contribution in [-0.4, -0.2) is 21.1 Å². The van der Waals surface area contributed by atoms with Crippen LogP contribution in [-0.2, 0) is 13.2 Å². The number of imidazole rings is 1. The normalized spacial score (nSPS) is 11.7. The van der Waals surface area contributed by atoms with Gasteiger partial charge in [0.15, 0.2) is 5.58 Å². The molecule has 0 spiro atoms. The summed E-state index contributed by atoms with van der Waals surface area (Å²) in [4.78, 5) is 4.25. The number of aromatic nitrogens is 3. The lowest BCUT2D eigenvalue weighted by atomic mass is 10.0. The number of nitrogens with zero attached hydrogens (tertiary/aromatic N) is 3. The van der Waals surface area contributed by atoms with Gasteiger partial charge in [0.05, 0.1) is 5.39 Å². The second kappa shape index (κ2) is 7.50. The van der Waals surface area contributed by atoms with Crippen molar-refractivity contribution in [3.63, 3.8) is 0 Å². The minimum atomic E-state index is -4.72. The van der Waals surface area contributed by atoms with Crippen molar-refractivity contribution in [3.8, 4) is 22.8 Å². The largest absolute Gasteiger partial charge is 0.573 e. The summed E-state index contributed by atoms with van der Waals surface area (Å²) in [5, 5.41) is 4.62. The van der Waals surface area contributed by atoms with Gasteiger partial charge in [0.1, 0.15) is 18.2 Å². The minimum Gasteiger partial charge on any atom is -0.467 e. The molecule has 6 nitrogen and oxygen atoms in total. The SMILES string of the molecule is CCn1ccnc1COc1noc2ccc(-c3ccc(OC(F)(F)F)cc3)cc12. The van der Waals surface area contributed by atoms with Gasteiger partial charge in [-0.25, -0.2) is 4.98 Å². The van der Waals surface area contributed by atoms with Crippen molar-refractivity contribution in [1.29, 1.82) is 0 Å². The molecular formula is C20H16F3N3O3. The summed E-state index contributed by atoms with van der Waals surface area (Å²) in [5.74, 6) is 0.812. The van der Waals surface area contributed by atoms with Gasteiger partial charge in [-0.1, -0.05) is 18.2 Å². The Kier molecular flexibility index (Phi) is 4.87. The molecule has 0 unspecified atom stereocenters. The first-order chi connectivity index (χ1) is 13.9. The number of hydrogen-bond donors (Lipinski definition) is 0. The fraction of sp³-hybridized carbons (Fsp3) is 0.200. The molecular weight excluding hydrogens is 387 g/mol. The highest BCUT2D eigenvalue weighted by atomic mass is 19.4. The number of benzene rings is 2. The summed E-state index contributed by atoms with van der Waals surface area (Å²) in [7, 11) is 0. The number of alkyl halides is 3. The van der Waals surface area contributed by atoms with E-state index in [1.54, 1.807) is 30.5 Å². The first kappa shape index (κ1) is 18.9. The summed E-state index contributed by atoms with van der Waals surface area (Å²) in [6, 6.07) is 11.0. The van der Waals surface area contributed by atoms with Gasteiger partial charge in [0.25, 0.3) is 5.88 Å². The number of ether oxygens (including phenoxy) is 2. The maximum absolute atomic E-state index is 12.3. The maximum atomic E-state index is 12.3. The Bertz CT molecular complexity index is 1120. The van der Waals surface area contributed by atoms with Crippen LogP contribution >= 0.6 is 0 Å². The third-order valence-electron chi connectivity index (χ3n) is 4.34. The van der Waals surface area contributed by atoms with Crippen molar-refractivity contribution in [2.24, 2.45) is 0 Å². The molecule has 150 valence electrons. The van der Waals surface area contributed by atoms with Crippen molar-refractivity contribution in [2.45, 2.75) is 26.4 Å². The van der Waals surface area contributed by atoms with Crippen molar-refractivity contribution >= 4 is 11.0 Å². The lowest BCUT2D eigenvalue weighted by Gasteiger charge is -2.09. The molecule has 0 fully saturated rings. The van der Waals surface area contributed by atoms with Crippen LogP contribution in [0.15, 0.2) is 59.4 Å². The van der Waals surface area contributed by atoms with E-state index >= 15 is 0 Å². The number of fused-ring (bicyclic) bond motifs is 1. The molecule has 9 heteroatoms. The molecule has 0 amide bonds. The van der Waals surface area contributed by atoms with Crippen LogP contribution in [0.25, 0.3) is 22.1 Å². The van der Waals surface area contributed by atoms with Gasteiger partial charge in [-0.15, -0.1) is 13.2 Å². The van der Waals surface area contributed by atoms with Crippen LogP contribution in [0.1, 0.15) is 12.7 Å². The first-order valence-electron chi connectivity index (χ1n) is 8.81. The summed E-state index contributed by atoms with van der Waals surface area (Å²) in [6.07, 6.45) is -1.15. The molecule has 0 saturated heterocycles. The molecule has 2 heterocycles. The highest BCUT2D eigenvalue weighted by Gasteiger charge is 2.31. The number of rotatable bonds is 6. The Morgan fingerprint density at radius 3 is 2.55 bits per heavy atom. The fourth-order valence-electron chi connectivity index (χ4n) is 2.95. The van der Waals surface area contributed by atoms with E-state index in [0.29, 0.717) is 16.8 Å². The van der Waals surface area contributed by atoms with Crippen molar-refractivity contribution in [2.75, 3.05) is 0 Å². The maximum Gasteiger partial charge on any atom is 0.573 e. The first-order valence-corrected chi connectivity index (χ1v) is 8.81. The van der Waals surface area contributed by atoms with Crippen LogP contribution in [0.5, 0.6) is 11.6 Å². The van der Waals surface area contributed by atoms with Gasteiger partial charge in [-0.2, -0.15) is 0 Å². The van der Waals surface area contributed by atoms with Gasteiger partial charge >= 0.3 is 6.36 Å². The Morgan fingerprint density at radius 2 is 1.83 bits per heavy atom. The Balaban J connectivity index is 1.56. The molecule has 2 aromatic heterocycles. The monoisotopic (exact) mass is 403 g/mol. The second-order valence-corrected chi connectivity index (χ2v) is 6.19. The van der Waals surface area contributed by atoms with Gasteiger partial charge in [0, 0.05) is 18.9 Å². The van der Waals surface area contributed by atoms with Crippen molar-refractivity contribution < 1.29 is 27.2 Å². The van der Waals surface area contributed by atoms with E-state index in [1.807, 2.05) is 23.8 Å². The van der Waals surface area contributed by atoms with Crippen molar-refractivity contribution in [3.05, 3.63) is 60.7 Å². The topological polar surface area (TPSA) is 62.3 Å². The second-order valence-electron chi connectivity index (χ2n) is 6.19. The van der Waals surface area contributed by atoms with Crippen LogP contribution in [0.2, 0.25) is 0 Å². The van der Waals surface area contributed by atoms with Crippen molar-refractivity contribution in [1.82, 2.24) is 14.7 Å². The van der Waals surface area contributed by atoms with Crippen LogP contribution in [0, 0.1) is 0 Å². The van der Waals surface area contributed by atoms with E-state index < -0.39 is 6.36 Å². The van der Waals surface area contributed by atoms with Crippen LogP contribution in [0.3, 0.4) is 0 Å². The zero-order valence-corrected chi connectivity index (χ0v) is 15.3. The van der Waals surface area contributed by atoms with E-state index in [1.165, 1.54) is 12.1 Å². The molecule has 0 saturated carbocycles. The summed E-state index contributed by atoms with van der Waals surface area (Å²) < 4.78 is 53.9. The standard InChI is InChI=1S/C20H16F3N3O3/c1-2-26-10-9-24-18(26)12-27-19-16-11-14(5-8-17(16)29-25-19)13-3-6-15(7-4-13)28-20(21,22)23/h3-11H,2,12H2,1H3. The van der Waals surface area contributed by atoms with Crippen LogP contribution < -0.4 is 9.47 Å². The minimum absolute atomic E-state index is 0.232. The molecule has 29 heavy (non-hydrogen) atoms. The van der Waals surface area contributed by atoms with E-state index in [2.05, 4.69) is 14.9 Å². The zero-order chi connectivity index (χ0) is 20.4. The average molecular weight is 403 g/mol. The Morgan fingerprint density at radius 1 is 1.07 bits per heavy atom. The number of aryl methyl sites for hydroxylation is 1. The van der Waals surface area contributed by atoms with Gasteiger partial charge in [-0.3, -0.25) is 0 Å². The van der Waals surface area contributed by atoms with E-state index in [-0.39, 0.29) is 12.4 Å². The smallest absolute Gasteiger partial charge is 0.467 e. The predicted octanol–water partition coefficient (Wildman–Crippen LogP) is 5.19. The fourth-order valence-corrected chi connectivity index (χ4v) is 2.95. The van der Waals surface area contributed by atoms with Gasteiger partial charge in [0.2, 0.25) is 0 Å². The number of halogens is 3. The molecule has 0 radical (unpaired) electrons. The molecule has 0 aliphatic rings. The molecule has 2 aromatic carbocycles. The summed E-state index contributed by atoms with van der Waals surface area (Å²) in [5.41, 5.74) is 2.04. The molecule has 0 bridgehead atoms. The Labute approximate surface area is 163 Å². The zero-order valence-electron chi connectivity index (χ0n) is 15.3. The lowest BCUT2D eigenvalue weighted by molar-refractivity contribution is -0.274. The quantitative estimate of drug-likeness (QED) is 0.443. The highest BCUT2D eigenvalue weighted by Crippen LogP contribution is 2.32. The average Bonchev–Trinajstić information content (AvgIpc) is 3.31. The predicted molar refractivity (Wildman–Crippen MR) is 98.4 cm³/mol. The molecule has 0 N–H and O–H groups in total. The molecule has 4 aromatic rings. The molecule has 0 atom stereocenters. The third kappa shape index (κ3) is 4.18. The molecule has 0 aliphatic heterocycles. The van der Waals surface area contributed by atoms with Crippen LogP contribution in [0.4, 0.5) is 13.2 Å². The molecule has 0 aliphatic carbocycles. The van der Waals surface area contributed by atoms with Gasteiger partial charge < -0.3 is 18.6 Å². The summed E-state index contributed by atoms with van der Waals surface area (Å²) in [6.45, 7) is 3.01. The number of hydrogen-bond acceptors (Lipinski definition) is 5. The van der Waals surface area contributed by atoms with E-state index in [4.69, 9.17) is 9.26 Å². The van der Waals surface area contributed by atoms with E-state index in [9.17, 15) is 13.2 Å². The van der Waals surface area contributed by atoms with E-state index in [0.717, 1.165) is 23.5 Å². The third-order valence-corrected chi connectivity index (χ3v) is 4.34. The lowest BCUT2D eigenvalue weighted by Crippen LogP contribution is -2.16. The molecule has 4 rings (SSSR count). The summed E-state index contributed by atoms with van der Waals surface area (Å²) >= 11 is 0. The highest BCUT2D eigenvalue weighted by molar-refractivity contribution is 5.87. The van der Waals surface area contributed by atoms with Gasteiger partial charge in [-0.05, 0) is 47.5 Å².